The molecule has 0 saturated carbocycles. The summed E-state index contributed by atoms with van der Waals surface area (Å²) in [5.41, 5.74) is 2.05. The lowest BCUT2D eigenvalue weighted by Crippen LogP contribution is -2.45. The van der Waals surface area contributed by atoms with Crippen molar-refractivity contribution in [1.82, 2.24) is 19.8 Å². The van der Waals surface area contributed by atoms with Gasteiger partial charge in [0.1, 0.15) is 17.6 Å². The Morgan fingerprint density at radius 1 is 1.25 bits per heavy atom. The lowest BCUT2D eigenvalue weighted by atomic mass is 10.2. The van der Waals surface area contributed by atoms with E-state index < -0.39 is 0 Å². The van der Waals surface area contributed by atoms with Gasteiger partial charge in [-0.15, -0.1) is 0 Å². The molecule has 3 rings (SSSR count). The molecule has 0 radical (unpaired) electrons. The molecule has 0 spiro atoms. The van der Waals surface area contributed by atoms with Gasteiger partial charge in [0.15, 0.2) is 0 Å². The van der Waals surface area contributed by atoms with Crippen LogP contribution in [0.5, 0.6) is 0 Å². The first-order valence-electron chi connectivity index (χ1n) is 8.13. The van der Waals surface area contributed by atoms with E-state index in [4.69, 9.17) is 0 Å². The minimum atomic E-state index is -0.385. The van der Waals surface area contributed by atoms with Gasteiger partial charge in [0.05, 0.1) is 0 Å². The number of likely N-dealkylation sites (N-methyl/N-ethyl adjacent to an activating group) is 1. The lowest BCUT2D eigenvalue weighted by molar-refractivity contribution is -0.132. The van der Waals surface area contributed by atoms with Gasteiger partial charge in [-0.25, -0.2) is 4.98 Å². The third-order valence-electron chi connectivity index (χ3n) is 4.37. The first-order chi connectivity index (χ1) is 11.5. The van der Waals surface area contributed by atoms with Crippen LogP contribution in [0.15, 0.2) is 30.3 Å². The number of nitrogens with zero attached hydrogens (tertiary/aromatic N) is 3. The molecule has 1 aliphatic rings. The number of rotatable bonds is 3. The summed E-state index contributed by atoms with van der Waals surface area (Å²) < 4.78 is 0. The average molecular weight is 326 g/mol. The van der Waals surface area contributed by atoms with Gasteiger partial charge < -0.3 is 14.8 Å². The highest BCUT2D eigenvalue weighted by Crippen LogP contribution is 2.24. The highest BCUT2D eigenvalue weighted by molar-refractivity contribution is 5.97. The Morgan fingerprint density at radius 3 is 2.62 bits per heavy atom. The fourth-order valence-electron chi connectivity index (χ4n) is 3.10. The van der Waals surface area contributed by atoms with Crippen LogP contribution in [0.2, 0.25) is 0 Å². The molecule has 6 nitrogen and oxygen atoms in total. The zero-order chi connectivity index (χ0) is 17.3. The third-order valence-corrected chi connectivity index (χ3v) is 4.37. The van der Waals surface area contributed by atoms with E-state index in [1.807, 2.05) is 37.3 Å². The molecule has 0 bridgehead atoms. The predicted molar refractivity (Wildman–Crippen MR) is 91.5 cm³/mol. The molecular weight excluding hydrogens is 304 g/mol. The summed E-state index contributed by atoms with van der Waals surface area (Å²) >= 11 is 0. The van der Waals surface area contributed by atoms with Crippen molar-refractivity contribution in [2.45, 2.75) is 25.8 Å². The summed E-state index contributed by atoms with van der Waals surface area (Å²) in [4.78, 5) is 36.1. The number of hydrogen-bond acceptors (Lipinski definition) is 3. The summed E-state index contributed by atoms with van der Waals surface area (Å²) in [7, 11) is 3.44. The Morgan fingerprint density at radius 2 is 1.96 bits per heavy atom. The van der Waals surface area contributed by atoms with Crippen LogP contribution in [0.3, 0.4) is 0 Å². The van der Waals surface area contributed by atoms with Crippen LogP contribution in [-0.4, -0.2) is 58.3 Å². The molecule has 2 amide bonds. The summed E-state index contributed by atoms with van der Waals surface area (Å²) in [5, 5.41) is 0. The summed E-state index contributed by atoms with van der Waals surface area (Å²) in [6.07, 6.45) is 1.54. The minimum absolute atomic E-state index is 0.0303. The van der Waals surface area contributed by atoms with Crippen molar-refractivity contribution in [1.29, 1.82) is 0 Å². The number of H-pyrrole nitrogens is 1. The maximum Gasteiger partial charge on any atom is 0.275 e. The number of aromatic nitrogens is 2. The number of likely N-dealkylation sites (tertiary alicyclic amines) is 1. The summed E-state index contributed by atoms with van der Waals surface area (Å²) in [6, 6.07) is 9.31. The van der Waals surface area contributed by atoms with Crippen LogP contribution in [0.25, 0.3) is 11.4 Å². The second-order valence-corrected chi connectivity index (χ2v) is 6.31. The van der Waals surface area contributed by atoms with Crippen molar-refractivity contribution in [3.05, 3.63) is 41.7 Å². The normalized spacial score (nSPS) is 17.1. The lowest BCUT2D eigenvalue weighted by Gasteiger charge is -2.25. The Labute approximate surface area is 141 Å². The largest absolute Gasteiger partial charge is 0.347 e. The van der Waals surface area contributed by atoms with E-state index in [0.717, 1.165) is 17.7 Å². The second kappa shape index (κ2) is 6.47. The smallest absolute Gasteiger partial charge is 0.275 e. The van der Waals surface area contributed by atoms with Gasteiger partial charge in [-0.3, -0.25) is 9.59 Å². The number of aromatic amines is 1. The van der Waals surface area contributed by atoms with Crippen molar-refractivity contribution < 1.29 is 9.59 Å². The first-order valence-corrected chi connectivity index (χ1v) is 8.13. The first kappa shape index (κ1) is 16.2. The van der Waals surface area contributed by atoms with Gasteiger partial charge in [0, 0.05) is 31.9 Å². The highest BCUT2D eigenvalue weighted by Gasteiger charge is 2.36. The minimum Gasteiger partial charge on any atom is -0.347 e. The van der Waals surface area contributed by atoms with Crippen LogP contribution in [0.1, 0.15) is 29.0 Å². The van der Waals surface area contributed by atoms with Gasteiger partial charge in [-0.05, 0) is 19.8 Å². The maximum atomic E-state index is 12.9. The van der Waals surface area contributed by atoms with Crippen molar-refractivity contribution in [3.8, 4) is 11.4 Å². The van der Waals surface area contributed by atoms with Crippen LogP contribution < -0.4 is 0 Å². The molecule has 1 aliphatic heterocycles. The average Bonchev–Trinajstić information content (AvgIpc) is 3.21. The number of nitrogens with one attached hydrogen (secondary N) is 1. The Bertz CT molecular complexity index is 752. The van der Waals surface area contributed by atoms with Gasteiger partial charge >= 0.3 is 0 Å². The monoisotopic (exact) mass is 326 g/mol. The van der Waals surface area contributed by atoms with Gasteiger partial charge in [0.25, 0.3) is 5.91 Å². The number of carbonyl (C=O) groups is 2. The van der Waals surface area contributed by atoms with E-state index in [1.54, 1.807) is 23.9 Å². The molecule has 0 aliphatic carbocycles. The van der Waals surface area contributed by atoms with Crippen LogP contribution in [0, 0.1) is 6.92 Å². The van der Waals surface area contributed by atoms with E-state index in [2.05, 4.69) is 9.97 Å². The standard InChI is InChI=1S/C18H22N4O2/c1-12-15(20-16(19-12)13-8-5-4-6-9-13)18(24)22-11-7-10-14(22)17(23)21(2)3/h4-6,8-9,14H,7,10-11H2,1-3H3,(H,19,20). The van der Waals surface area contributed by atoms with E-state index in [-0.39, 0.29) is 17.9 Å². The topological polar surface area (TPSA) is 69.3 Å². The molecule has 1 aromatic carbocycles. The predicted octanol–water partition coefficient (Wildman–Crippen LogP) is 2.08. The Balaban J connectivity index is 1.88. The number of hydrogen-bond donors (Lipinski definition) is 1. The van der Waals surface area contributed by atoms with E-state index >= 15 is 0 Å². The van der Waals surface area contributed by atoms with E-state index in [0.29, 0.717) is 24.5 Å². The summed E-state index contributed by atoms with van der Waals surface area (Å²) in [6.45, 7) is 2.43. The van der Waals surface area contributed by atoms with Crippen LogP contribution >= 0.6 is 0 Å². The molecule has 1 aromatic heterocycles. The maximum absolute atomic E-state index is 12.9. The zero-order valence-electron chi connectivity index (χ0n) is 14.2. The second-order valence-electron chi connectivity index (χ2n) is 6.31. The number of carbonyl (C=O) groups excluding carboxylic acids is 2. The number of aryl methyl sites for hydroxylation is 1. The van der Waals surface area contributed by atoms with Crippen molar-refractivity contribution >= 4 is 11.8 Å². The molecule has 1 atom stereocenters. The number of amides is 2. The molecule has 2 heterocycles. The summed E-state index contributed by atoms with van der Waals surface area (Å²) in [5.74, 6) is 0.465. The molecule has 1 saturated heterocycles. The van der Waals surface area contributed by atoms with Crippen LogP contribution in [-0.2, 0) is 4.79 Å². The van der Waals surface area contributed by atoms with Crippen molar-refractivity contribution in [2.24, 2.45) is 0 Å². The van der Waals surface area contributed by atoms with Gasteiger partial charge in [-0.1, -0.05) is 30.3 Å². The fraction of sp³-hybridized carbons (Fsp3) is 0.389. The molecule has 1 N–H and O–H groups in total. The Hall–Kier alpha value is -2.63. The molecule has 2 aromatic rings. The molecule has 6 heteroatoms. The van der Waals surface area contributed by atoms with Crippen molar-refractivity contribution in [3.63, 3.8) is 0 Å². The molecule has 126 valence electrons. The highest BCUT2D eigenvalue weighted by atomic mass is 16.2. The SMILES string of the molecule is Cc1[nH]c(-c2ccccc2)nc1C(=O)N1CCCC1C(=O)N(C)C. The third kappa shape index (κ3) is 2.91. The van der Waals surface area contributed by atoms with Crippen molar-refractivity contribution in [2.75, 3.05) is 20.6 Å². The molecule has 24 heavy (non-hydrogen) atoms. The fourth-order valence-corrected chi connectivity index (χ4v) is 3.10. The van der Waals surface area contributed by atoms with Gasteiger partial charge in [0.2, 0.25) is 5.91 Å². The molecule has 1 unspecified atom stereocenters. The molecular formula is C18H22N4O2. The quantitative estimate of drug-likeness (QED) is 0.939. The van der Waals surface area contributed by atoms with E-state index in [9.17, 15) is 9.59 Å². The number of imidazole rings is 1. The number of benzene rings is 1. The molecule has 1 fully saturated rings. The van der Waals surface area contributed by atoms with E-state index in [1.165, 1.54) is 0 Å². The van der Waals surface area contributed by atoms with Gasteiger partial charge in [-0.2, -0.15) is 0 Å². The zero-order valence-corrected chi connectivity index (χ0v) is 14.2. The Kier molecular flexibility index (Phi) is 4.38. The van der Waals surface area contributed by atoms with Crippen LogP contribution in [0.4, 0.5) is 0 Å².